The molecule has 1 aliphatic heterocycles. The summed E-state index contributed by atoms with van der Waals surface area (Å²) >= 11 is 0. The van der Waals surface area contributed by atoms with Crippen LogP contribution in [0.4, 0.5) is 0 Å². The molecule has 0 spiro atoms. The van der Waals surface area contributed by atoms with Crippen LogP contribution in [0.2, 0.25) is 0 Å². The van der Waals surface area contributed by atoms with Crippen molar-refractivity contribution in [2.75, 3.05) is 13.7 Å². The first-order valence-corrected chi connectivity index (χ1v) is 9.82. The number of para-hydroxylation sites is 1. The molecule has 1 amide bonds. The van der Waals surface area contributed by atoms with Crippen molar-refractivity contribution in [3.05, 3.63) is 70.6 Å². The first kappa shape index (κ1) is 19.8. The highest BCUT2D eigenvalue weighted by molar-refractivity contribution is 5.95. The van der Waals surface area contributed by atoms with Crippen LogP contribution in [0.3, 0.4) is 0 Å². The summed E-state index contributed by atoms with van der Waals surface area (Å²) in [5.74, 6) is 2.40. The monoisotopic (exact) mass is 408 g/mol. The van der Waals surface area contributed by atoms with Gasteiger partial charge in [-0.25, -0.2) is 0 Å². The molecule has 0 saturated carbocycles. The molecule has 1 aromatic heterocycles. The number of hydrogen-bond acceptors (Lipinski definition) is 6. The molecule has 156 valence electrons. The minimum Gasteiger partial charge on any atom is -0.493 e. The average molecular weight is 408 g/mol. The molecule has 0 fully saturated rings. The Morgan fingerprint density at radius 1 is 1.20 bits per heavy atom. The van der Waals surface area contributed by atoms with Crippen LogP contribution < -0.4 is 19.5 Å². The number of nitrogens with zero attached hydrogens (tertiary/aromatic N) is 1. The van der Waals surface area contributed by atoms with Gasteiger partial charge in [-0.2, -0.15) is 0 Å². The topological polar surface area (TPSA) is 82.8 Å². The molecular weight excluding hydrogens is 384 g/mol. The SMILES string of the molecule is COc1cc(C(=O)NC2CCOc3ccccc32)ccc1OCc1c(C)noc1C. The van der Waals surface area contributed by atoms with E-state index in [0.717, 1.165) is 34.8 Å². The number of ether oxygens (including phenoxy) is 3. The van der Waals surface area contributed by atoms with E-state index >= 15 is 0 Å². The normalized spacial score (nSPS) is 15.1. The molecule has 0 aliphatic carbocycles. The third kappa shape index (κ3) is 3.96. The minimum atomic E-state index is -0.174. The first-order valence-electron chi connectivity index (χ1n) is 9.82. The Kier molecular flexibility index (Phi) is 5.61. The second-order valence-corrected chi connectivity index (χ2v) is 7.16. The van der Waals surface area contributed by atoms with Gasteiger partial charge in [-0.1, -0.05) is 23.4 Å². The van der Waals surface area contributed by atoms with Crippen LogP contribution in [0, 0.1) is 13.8 Å². The number of carbonyl (C=O) groups is 1. The van der Waals surface area contributed by atoms with Crippen LogP contribution in [0.25, 0.3) is 0 Å². The highest BCUT2D eigenvalue weighted by Crippen LogP contribution is 2.33. The molecular formula is C23H24N2O5. The fourth-order valence-corrected chi connectivity index (χ4v) is 3.52. The maximum absolute atomic E-state index is 12.9. The van der Waals surface area contributed by atoms with Crippen molar-refractivity contribution in [3.63, 3.8) is 0 Å². The van der Waals surface area contributed by atoms with Crippen molar-refractivity contribution < 1.29 is 23.5 Å². The summed E-state index contributed by atoms with van der Waals surface area (Å²) in [6.45, 7) is 4.59. The molecule has 3 aromatic rings. The van der Waals surface area contributed by atoms with E-state index in [-0.39, 0.29) is 11.9 Å². The lowest BCUT2D eigenvalue weighted by Gasteiger charge is -2.26. The van der Waals surface area contributed by atoms with Gasteiger partial charge in [-0.15, -0.1) is 0 Å². The van der Waals surface area contributed by atoms with Gasteiger partial charge in [-0.3, -0.25) is 4.79 Å². The standard InChI is InChI=1S/C23H24N2O5/c1-14-18(15(2)30-25-14)13-29-21-9-8-16(12-22(21)27-3)23(26)24-19-10-11-28-20-7-5-4-6-17(19)20/h4-9,12,19H,10-11,13H2,1-3H3,(H,24,26). The number of carbonyl (C=O) groups excluding carboxylic acids is 1. The smallest absolute Gasteiger partial charge is 0.251 e. The Balaban J connectivity index is 1.48. The number of benzene rings is 2. The zero-order valence-electron chi connectivity index (χ0n) is 17.2. The van der Waals surface area contributed by atoms with Crippen molar-refractivity contribution in [1.82, 2.24) is 10.5 Å². The van der Waals surface area contributed by atoms with Crippen molar-refractivity contribution in [3.8, 4) is 17.2 Å². The number of methoxy groups -OCH3 is 1. The van der Waals surface area contributed by atoms with Crippen molar-refractivity contribution >= 4 is 5.91 Å². The quantitative estimate of drug-likeness (QED) is 0.660. The van der Waals surface area contributed by atoms with Crippen molar-refractivity contribution in [1.29, 1.82) is 0 Å². The lowest BCUT2D eigenvalue weighted by Crippen LogP contribution is -2.32. The molecule has 0 radical (unpaired) electrons. The fraction of sp³-hybridized carbons (Fsp3) is 0.304. The van der Waals surface area contributed by atoms with Gasteiger partial charge in [0.25, 0.3) is 5.91 Å². The van der Waals surface area contributed by atoms with E-state index in [1.807, 2.05) is 38.1 Å². The lowest BCUT2D eigenvalue weighted by molar-refractivity contribution is 0.0924. The highest BCUT2D eigenvalue weighted by Gasteiger charge is 2.23. The summed E-state index contributed by atoms with van der Waals surface area (Å²) in [7, 11) is 1.55. The summed E-state index contributed by atoms with van der Waals surface area (Å²) in [5.41, 5.74) is 3.18. The van der Waals surface area contributed by atoms with Crippen LogP contribution in [-0.4, -0.2) is 24.8 Å². The molecule has 1 aliphatic rings. The summed E-state index contributed by atoms with van der Waals surface area (Å²) in [4.78, 5) is 12.9. The second kappa shape index (κ2) is 8.49. The zero-order chi connectivity index (χ0) is 21.1. The molecule has 0 bridgehead atoms. The van der Waals surface area contributed by atoms with E-state index in [9.17, 15) is 4.79 Å². The number of aromatic nitrogens is 1. The summed E-state index contributed by atoms with van der Waals surface area (Å²) < 4.78 is 22.2. The fourth-order valence-electron chi connectivity index (χ4n) is 3.52. The number of hydrogen-bond donors (Lipinski definition) is 1. The third-order valence-electron chi connectivity index (χ3n) is 5.24. The summed E-state index contributed by atoms with van der Waals surface area (Å²) in [6, 6.07) is 12.8. The van der Waals surface area contributed by atoms with Crippen LogP contribution in [0.1, 0.15) is 45.4 Å². The van der Waals surface area contributed by atoms with Crippen LogP contribution in [-0.2, 0) is 6.61 Å². The van der Waals surface area contributed by atoms with Crippen LogP contribution in [0.5, 0.6) is 17.2 Å². The molecule has 0 saturated heterocycles. The van der Waals surface area contributed by atoms with Crippen molar-refractivity contribution in [2.45, 2.75) is 32.9 Å². The van der Waals surface area contributed by atoms with Gasteiger partial charge in [0.1, 0.15) is 18.1 Å². The van der Waals surface area contributed by atoms with Crippen molar-refractivity contribution in [2.24, 2.45) is 0 Å². The number of aryl methyl sites for hydroxylation is 2. The first-order chi connectivity index (χ1) is 14.6. The molecule has 7 nitrogen and oxygen atoms in total. The lowest BCUT2D eigenvalue weighted by atomic mass is 10.00. The molecule has 1 N–H and O–H groups in total. The predicted molar refractivity (Wildman–Crippen MR) is 110 cm³/mol. The van der Waals surface area contributed by atoms with Gasteiger partial charge in [0.05, 0.1) is 31.0 Å². The number of nitrogens with one attached hydrogen (secondary N) is 1. The molecule has 1 atom stereocenters. The third-order valence-corrected chi connectivity index (χ3v) is 5.24. The maximum atomic E-state index is 12.9. The Bertz CT molecular complexity index is 1040. The van der Waals surface area contributed by atoms with E-state index in [1.54, 1.807) is 25.3 Å². The average Bonchev–Trinajstić information content (AvgIpc) is 3.09. The Morgan fingerprint density at radius 3 is 2.80 bits per heavy atom. The number of rotatable bonds is 6. The van der Waals surface area contributed by atoms with Gasteiger partial charge >= 0.3 is 0 Å². The van der Waals surface area contributed by atoms with E-state index in [1.165, 1.54) is 0 Å². The summed E-state index contributed by atoms with van der Waals surface area (Å²) in [6.07, 6.45) is 0.721. The van der Waals surface area contributed by atoms with Crippen LogP contribution in [0.15, 0.2) is 47.0 Å². The van der Waals surface area contributed by atoms with Crippen LogP contribution >= 0.6 is 0 Å². The molecule has 4 rings (SSSR count). The largest absolute Gasteiger partial charge is 0.493 e. The van der Waals surface area contributed by atoms with Gasteiger partial charge in [0.2, 0.25) is 0 Å². The van der Waals surface area contributed by atoms with Gasteiger partial charge in [-0.05, 0) is 38.1 Å². The Labute approximate surface area is 174 Å². The van der Waals surface area contributed by atoms with E-state index in [4.69, 9.17) is 18.7 Å². The molecule has 30 heavy (non-hydrogen) atoms. The second-order valence-electron chi connectivity index (χ2n) is 7.16. The van der Waals surface area contributed by atoms with E-state index < -0.39 is 0 Å². The zero-order valence-corrected chi connectivity index (χ0v) is 17.2. The summed E-state index contributed by atoms with van der Waals surface area (Å²) in [5, 5.41) is 7.03. The van der Waals surface area contributed by atoms with E-state index in [0.29, 0.717) is 30.3 Å². The maximum Gasteiger partial charge on any atom is 0.251 e. The molecule has 2 heterocycles. The molecule has 1 unspecified atom stereocenters. The minimum absolute atomic E-state index is 0.0936. The number of amides is 1. The highest BCUT2D eigenvalue weighted by atomic mass is 16.5. The molecule has 7 heteroatoms. The molecule has 2 aromatic carbocycles. The Morgan fingerprint density at radius 2 is 2.03 bits per heavy atom. The van der Waals surface area contributed by atoms with Gasteiger partial charge in [0, 0.05) is 17.5 Å². The van der Waals surface area contributed by atoms with E-state index in [2.05, 4.69) is 10.5 Å². The van der Waals surface area contributed by atoms with Gasteiger partial charge < -0.3 is 24.1 Å². The Hall–Kier alpha value is -3.48. The number of fused-ring (bicyclic) bond motifs is 1. The predicted octanol–water partition coefficient (Wildman–Crippen LogP) is 4.13. The van der Waals surface area contributed by atoms with Gasteiger partial charge in [0.15, 0.2) is 11.5 Å².